The number of nitrogens with one attached hydrogen (secondary N) is 1. The zero-order valence-electron chi connectivity index (χ0n) is 13.0. The zero-order chi connectivity index (χ0) is 17.2. The minimum atomic E-state index is -0.183. The molecule has 7 heteroatoms. The van der Waals surface area contributed by atoms with Gasteiger partial charge in [-0.1, -0.05) is 30.3 Å². The van der Waals surface area contributed by atoms with Gasteiger partial charge in [0.05, 0.1) is 18.4 Å². The second-order valence-corrected chi connectivity index (χ2v) is 7.32. The minimum absolute atomic E-state index is 0.183. The van der Waals surface area contributed by atoms with Gasteiger partial charge in [-0.2, -0.15) is 5.10 Å². The molecule has 0 radical (unpaired) electrons. The quantitative estimate of drug-likeness (QED) is 0.547. The van der Waals surface area contributed by atoms with Crippen molar-refractivity contribution in [3.8, 4) is 11.3 Å². The Balaban J connectivity index is 1.63. The summed E-state index contributed by atoms with van der Waals surface area (Å²) in [7, 11) is 0. The van der Waals surface area contributed by atoms with E-state index >= 15 is 0 Å². The summed E-state index contributed by atoms with van der Waals surface area (Å²) in [5.74, 6) is -0.183. The van der Waals surface area contributed by atoms with Gasteiger partial charge in [0.25, 0.3) is 5.91 Å². The van der Waals surface area contributed by atoms with E-state index in [-0.39, 0.29) is 5.91 Å². The number of halogens is 1. The first-order valence-corrected chi connectivity index (χ1v) is 9.29. The van der Waals surface area contributed by atoms with Crippen molar-refractivity contribution < 1.29 is 4.79 Å². The number of fused-ring (bicyclic) bond motifs is 1. The van der Waals surface area contributed by atoms with Crippen molar-refractivity contribution in [3.63, 3.8) is 0 Å². The van der Waals surface area contributed by atoms with E-state index in [0.29, 0.717) is 17.8 Å². The van der Waals surface area contributed by atoms with Crippen LogP contribution in [0.3, 0.4) is 0 Å². The van der Waals surface area contributed by atoms with E-state index in [4.69, 9.17) is 0 Å². The monoisotopic (exact) mass is 412 g/mol. The highest BCUT2D eigenvalue weighted by molar-refractivity contribution is 9.10. The molecule has 0 atom stereocenters. The lowest BCUT2D eigenvalue weighted by Crippen LogP contribution is -2.22. The molecule has 1 amide bonds. The van der Waals surface area contributed by atoms with Crippen LogP contribution in [0.2, 0.25) is 0 Å². The van der Waals surface area contributed by atoms with Crippen LogP contribution in [0.15, 0.2) is 64.7 Å². The van der Waals surface area contributed by atoms with Gasteiger partial charge in [-0.3, -0.25) is 4.79 Å². The molecule has 25 heavy (non-hydrogen) atoms. The number of thiophene rings is 1. The molecule has 0 saturated carbocycles. The van der Waals surface area contributed by atoms with E-state index < -0.39 is 0 Å². The third kappa shape index (κ3) is 3.20. The number of nitrogens with zero attached hydrogens (tertiary/aromatic N) is 3. The second-order valence-electron chi connectivity index (χ2n) is 5.40. The molecule has 0 aliphatic heterocycles. The fourth-order valence-electron chi connectivity index (χ4n) is 2.59. The van der Waals surface area contributed by atoms with Crippen LogP contribution >= 0.6 is 27.3 Å². The van der Waals surface area contributed by atoms with Crippen LogP contribution in [-0.4, -0.2) is 20.5 Å². The van der Waals surface area contributed by atoms with Gasteiger partial charge in [-0.15, -0.1) is 11.3 Å². The summed E-state index contributed by atoms with van der Waals surface area (Å²) < 4.78 is 2.72. The number of amides is 1. The van der Waals surface area contributed by atoms with Gasteiger partial charge >= 0.3 is 0 Å². The van der Waals surface area contributed by atoms with Crippen molar-refractivity contribution in [1.29, 1.82) is 0 Å². The van der Waals surface area contributed by atoms with Crippen molar-refractivity contribution in [2.45, 2.75) is 6.54 Å². The van der Waals surface area contributed by atoms with Gasteiger partial charge in [0.1, 0.15) is 5.56 Å². The van der Waals surface area contributed by atoms with E-state index in [1.54, 1.807) is 28.2 Å². The maximum Gasteiger partial charge on any atom is 0.257 e. The fraction of sp³-hybridized carbons (Fsp3) is 0.0556. The summed E-state index contributed by atoms with van der Waals surface area (Å²) in [6, 6.07) is 13.8. The van der Waals surface area contributed by atoms with Gasteiger partial charge in [0.15, 0.2) is 5.65 Å². The average Bonchev–Trinajstić information content (AvgIpc) is 3.26. The molecule has 1 aromatic carbocycles. The largest absolute Gasteiger partial charge is 0.347 e. The standard InChI is InChI=1S/C18H13BrN4OS/c19-13-8-14(25-11-13)9-21-18(24)15-10-22-23-16(6-7-20-17(15)23)12-4-2-1-3-5-12/h1-8,10-11H,9H2,(H,21,24). The lowest BCUT2D eigenvalue weighted by atomic mass is 10.1. The molecular formula is C18H13BrN4OS. The summed E-state index contributed by atoms with van der Waals surface area (Å²) in [6.45, 7) is 0.477. The van der Waals surface area contributed by atoms with Crippen molar-refractivity contribution in [3.05, 3.63) is 75.2 Å². The first-order valence-electron chi connectivity index (χ1n) is 7.61. The van der Waals surface area contributed by atoms with E-state index in [1.165, 1.54) is 0 Å². The Morgan fingerprint density at radius 3 is 2.84 bits per heavy atom. The molecule has 1 N–H and O–H groups in total. The first kappa shape index (κ1) is 16.0. The number of hydrogen-bond acceptors (Lipinski definition) is 4. The molecule has 0 aliphatic carbocycles. The maximum atomic E-state index is 12.5. The molecule has 0 unspecified atom stereocenters. The smallest absolute Gasteiger partial charge is 0.257 e. The predicted molar refractivity (Wildman–Crippen MR) is 102 cm³/mol. The van der Waals surface area contributed by atoms with Crippen molar-refractivity contribution in [1.82, 2.24) is 19.9 Å². The Morgan fingerprint density at radius 1 is 1.24 bits per heavy atom. The van der Waals surface area contributed by atoms with E-state index in [2.05, 4.69) is 31.3 Å². The molecule has 3 aromatic heterocycles. The van der Waals surface area contributed by atoms with Crippen LogP contribution in [0.5, 0.6) is 0 Å². The third-order valence-electron chi connectivity index (χ3n) is 3.76. The van der Waals surface area contributed by atoms with E-state index in [9.17, 15) is 4.79 Å². The summed E-state index contributed by atoms with van der Waals surface area (Å²) in [5, 5.41) is 9.28. The Bertz CT molecular complexity index is 1040. The molecule has 0 bridgehead atoms. The summed E-state index contributed by atoms with van der Waals surface area (Å²) in [6.07, 6.45) is 3.26. The Hall–Kier alpha value is -2.51. The van der Waals surface area contributed by atoms with Crippen LogP contribution < -0.4 is 5.32 Å². The van der Waals surface area contributed by atoms with Gasteiger partial charge in [-0.25, -0.2) is 9.50 Å². The first-order chi connectivity index (χ1) is 12.2. The van der Waals surface area contributed by atoms with Crippen molar-refractivity contribution in [2.75, 3.05) is 0 Å². The van der Waals surface area contributed by atoms with Crippen molar-refractivity contribution in [2.24, 2.45) is 0 Å². The normalized spacial score (nSPS) is 10.9. The molecule has 5 nitrogen and oxygen atoms in total. The number of benzene rings is 1. The highest BCUT2D eigenvalue weighted by atomic mass is 79.9. The highest BCUT2D eigenvalue weighted by Crippen LogP contribution is 2.21. The highest BCUT2D eigenvalue weighted by Gasteiger charge is 2.16. The fourth-order valence-corrected chi connectivity index (χ4v) is 3.98. The SMILES string of the molecule is O=C(NCc1cc(Br)cs1)c1cnn2c(-c3ccccc3)ccnc12. The number of aromatic nitrogens is 3. The summed E-state index contributed by atoms with van der Waals surface area (Å²) >= 11 is 5.01. The number of carbonyl (C=O) groups is 1. The van der Waals surface area contributed by atoms with Gasteiger partial charge in [0.2, 0.25) is 0 Å². The van der Waals surface area contributed by atoms with Gasteiger partial charge < -0.3 is 5.32 Å². The topological polar surface area (TPSA) is 59.3 Å². The van der Waals surface area contributed by atoms with E-state index in [0.717, 1.165) is 20.6 Å². The molecular weight excluding hydrogens is 400 g/mol. The number of hydrogen-bond donors (Lipinski definition) is 1. The molecule has 0 spiro atoms. The van der Waals surface area contributed by atoms with Crippen LogP contribution in [-0.2, 0) is 6.54 Å². The van der Waals surface area contributed by atoms with Crippen molar-refractivity contribution >= 4 is 38.8 Å². The van der Waals surface area contributed by atoms with Crippen LogP contribution in [0.1, 0.15) is 15.2 Å². The van der Waals surface area contributed by atoms with Crippen LogP contribution in [0, 0.1) is 0 Å². The molecule has 3 heterocycles. The van der Waals surface area contributed by atoms with Crippen LogP contribution in [0.4, 0.5) is 0 Å². The van der Waals surface area contributed by atoms with Crippen LogP contribution in [0.25, 0.3) is 16.9 Å². The lowest BCUT2D eigenvalue weighted by Gasteiger charge is -2.05. The number of carbonyl (C=O) groups excluding carboxylic acids is 1. The average molecular weight is 413 g/mol. The molecule has 4 rings (SSSR count). The lowest BCUT2D eigenvalue weighted by molar-refractivity contribution is 0.0952. The third-order valence-corrected chi connectivity index (χ3v) is 5.46. The second kappa shape index (κ2) is 6.78. The van der Waals surface area contributed by atoms with E-state index in [1.807, 2.05) is 47.8 Å². The zero-order valence-corrected chi connectivity index (χ0v) is 15.4. The summed E-state index contributed by atoms with van der Waals surface area (Å²) in [5.41, 5.74) is 2.93. The molecule has 0 aliphatic rings. The molecule has 0 saturated heterocycles. The van der Waals surface area contributed by atoms with Gasteiger partial charge in [-0.05, 0) is 28.1 Å². The summed E-state index contributed by atoms with van der Waals surface area (Å²) in [4.78, 5) is 18.0. The molecule has 0 fully saturated rings. The minimum Gasteiger partial charge on any atom is -0.347 e. The maximum absolute atomic E-state index is 12.5. The predicted octanol–water partition coefficient (Wildman–Crippen LogP) is 4.15. The Labute approximate surface area is 156 Å². The molecule has 124 valence electrons. The number of rotatable bonds is 4. The van der Waals surface area contributed by atoms with Gasteiger partial charge in [0, 0.05) is 26.5 Å². The molecule has 4 aromatic rings. The Morgan fingerprint density at radius 2 is 2.08 bits per heavy atom. The Kier molecular flexibility index (Phi) is 4.33.